The fraction of sp³-hybridized carbons (Fsp3) is 0.464. The highest BCUT2D eigenvalue weighted by atomic mass is 16.6. The SMILES string of the molecule is COC(=O)C(COC(=O)N1CCC(N2CCc3ccccc3NC2=O)CC1)c1cc(C)c2c(c1)OCCO2. The molecule has 3 aliphatic rings. The van der Waals surface area contributed by atoms with Crippen LogP contribution in [0.3, 0.4) is 0 Å². The van der Waals surface area contributed by atoms with Crippen LogP contribution < -0.4 is 14.8 Å². The first kappa shape index (κ1) is 25.7. The Bertz CT molecular complexity index is 1210. The van der Waals surface area contributed by atoms with Crippen LogP contribution >= 0.6 is 0 Å². The summed E-state index contributed by atoms with van der Waals surface area (Å²) in [5, 5.41) is 3.01. The van der Waals surface area contributed by atoms with E-state index in [2.05, 4.69) is 5.32 Å². The Morgan fingerprint density at radius 1 is 1.11 bits per heavy atom. The van der Waals surface area contributed by atoms with E-state index < -0.39 is 18.0 Å². The quantitative estimate of drug-likeness (QED) is 0.596. The molecule has 0 bridgehead atoms. The number of urea groups is 1. The van der Waals surface area contributed by atoms with Crippen molar-refractivity contribution in [1.82, 2.24) is 9.80 Å². The van der Waals surface area contributed by atoms with Crippen molar-refractivity contribution in [2.24, 2.45) is 0 Å². The molecular weight excluding hydrogens is 490 g/mol. The highest BCUT2D eigenvalue weighted by Gasteiger charge is 2.33. The van der Waals surface area contributed by atoms with Gasteiger partial charge in [-0.2, -0.15) is 0 Å². The molecule has 0 aliphatic carbocycles. The predicted octanol–water partition coefficient (Wildman–Crippen LogP) is 3.71. The molecule has 3 heterocycles. The number of nitrogens with zero attached hydrogens (tertiary/aromatic N) is 2. The second kappa shape index (κ2) is 11.2. The van der Waals surface area contributed by atoms with Crippen molar-refractivity contribution >= 4 is 23.8 Å². The molecule has 0 radical (unpaired) electrons. The number of nitrogens with one attached hydrogen (secondary N) is 1. The van der Waals surface area contributed by atoms with Gasteiger partial charge in [0.2, 0.25) is 0 Å². The minimum Gasteiger partial charge on any atom is -0.486 e. The van der Waals surface area contributed by atoms with E-state index in [9.17, 15) is 14.4 Å². The number of piperidine rings is 1. The van der Waals surface area contributed by atoms with Gasteiger partial charge < -0.3 is 34.1 Å². The van der Waals surface area contributed by atoms with E-state index in [4.69, 9.17) is 18.9 Å². The third-order valence-electron chi connectivity index (χ3n) is 7.42. The molecule has 0 aromatic heterocycles. The third kappa shape index (κ3) is 5.34. The zero-order chi connectivity index (χ0) is 26.6. The largest absolute Gasteiger partial charge is 0.486 e. The summed E-state index contributed by atoms with van der Waals surface area (Å²) in [6, 6.07) is 11.4. The van der Waals surface area contributed by atoms with Crippen LogP contribution in [-0.2, 0) is 20.7 Å². The van der Waals surface area contributed by atoms with Crippen LogP contribution in [-0.4, -0.2) is 80.5 Å². The van der Waals surface area contributed by atoms with E-state index in [0.29, 0.717) is 62.8 Å². The van der Waals surface area contributed by atoms with Gasteiger partial charge in [0.1, 0.15) is 25.7 Å². The summed E-state index contributed by atoms with van der Waals surface area (Å²) in [5.74, 6) is -0.0705. The molecule has 2 aromatic carbocycles. The molecule has 1 atom stereocenters. The van der Waals surface area contributed by atoms with E-state index in [0.717, 1.165) is 23.2 Å². The van der Waals surface area contributed by atoms with Gasteiger partial charge in [-0.3, -0.25) is 4.79 Å². The summed E-state index contributed by atoms with van der Waals surface area (Å²) >= 11 is 0. The zero-order valence-electron chi connectivity index (χ0n) is 21.7. The molecule has 0 saturated carbocycles. The predicted molar refractivity (Wildman–Crippen MR) is 139 cm³/mol. The van der Waals surface area contributed by atoms with E-state index >= 15 is 0 Å². The lowest BCUT2D eigenvalue weighted by molar-refractivity contribution is -0.143. The Morgan fingerprint density at radius 3 is 2.66 bits per heavy atom. The molecule has 38 heavy (non-hydrogen) atoms. The number of amides is 3. The minimum absolute atomic E-state index is 0.0388. The van der Waals surface area contributed by atoms with Crippen LogP contribution in [0.25, 0.3) is 0 Å². The first-order valence-electron chi connectivity index (χ1n) is 13.0. The van der Waals surface area contributed by atoms with Gasteiger partial charge >= 0.3 is 18.1 Å². The molecular formula is C28H33N3O7. The first-order chi connectivity index (χ1) is 18.4. The average Bonchev–Trinajstić information content (AvgIpc) is 3.11. The van der Waals surface area contributed by atoms with Gasteiger partial charge in [0.25, 0.3) is 0 Å². The maximum absolute atomic E-state index is 12.9. The zero-order valence-corrected chi connectivity index (χ0v) is 21.7. The average molecular weight is 524 g/mol. The number of benzene rings is 2. The van der Waals surface area contributed by atoms with E-state index in [1.807, 2.05) is 42.2 Å². The molecule has 3 aliphatic heterocycles. The first-order valence-corrected chi connectivity index (χ1v) is 13.0. The van der Waals surface area contributed by atoms with Gasteiger partial charge in [-0.05, 0) is 55.0 Å². The standard InChI is InChI=1S/C28H33N3O7/c1-18-15-20(16-24-25(18)37-14-13-36-24)22(26(32)35-2)17-38-28(34)30-10-8-21(9-11-30)31-12-7-19-5-3-4-6-23(19)29-27(31)33/h3-6,15-16,21-22H,7-14,17H2,1-2H3,(H,29,33). The number of anilines is 1. The number of rotatable bonds is 5. The lowest BCUT2D eigenvalue weighted by Gasteiger charge is -2.37. The van der Waals surface area contributed by atoms with Gasteiger partial charge in [0.05, 0.1) is 7.11 Å². The van der Waals surface area contributed by atoms with Crippen LogP contribution in [0.15, 0.2) is 36.4 Å². The Morgan fingerprint density at radius 2 is 1.87 bits per heavy atom. The molecule has 10 nitrogen and oxygen atoms in total. The number of carbonyl (C=O) groups is 3. The molecule has 202 valence electrons. The number of aryl methyl sites for hydroxylation is 1. The molecule has 1 unspecified atom stereocenters. The topological polar surface area (TPSA) is 107 Å². The second-order valence-electron chi connectivity index (χ2n) is 9.76. The van der Waals surface area contributed by atoms with Crippen LogP contribution in [0.4, 0.5) is 15.3 Å². The van der Waals surface area contributed by atoms with Crippen molar-refractivity contribution in [1.29, 1.82) is 0 Å². The van der Waals surface area contributed by atoms with E-state index in [1.165, 1.54) is 7.11 Å². The van der Waals surface area contributed by atoms with Crippen molar-refractivity contribution in [2.45, 2.75) is 38.1 Å². The van der Waals surface area contributed by atoms with E-state index in [-0.39, 0.29) is 18.7 Å². The monoisotopic (exact) mass is 523 g/mol. The lowest BCUT2D eigenvalue weighted by Crippen LogP contribution is -2.50. The molecule has 1 saturated heterocycles. The molecule has 5 rings (SSSR count). The molecule has 2 aromatic rings. The summed E-state index contributed by atoms with van der Waals surface area (Å²) in [6.45, 7) is 4.18. The fourth-order valence-electron chi connectivity index (χ4n) is 5.34. The Balaban J connectivity index is 1.18. The Kier molecular flexibility index (Phi) is 7.57. The summed E-state index contributed by atoms with van der Waals surface area (Å²) in [5.41, 5.74) is 3.45. The highest BCUT2D eigenvalue weighted by molar-refractivity contribution is 5.91. The number of para-hydroxylation sites is 1. The summed E-state index contributed by atoms with van der Waals surface area (Å²) in [7, 11) is 1.31. The van der Waals surface area contributed by atoms with Crippen LogP contribution in [0.5, 0.6) is 11.5 Å². The molecule has 1 N–H and O–H groups in total. The van der Waals surface area contributed by atoms with Crippen molar-refractivity contribution in [3.63, 3.8) is 0 Å². The third-order valence-corrected chi connectivity index (χ3v) is 7.42. The minimum atomic E-state index is -0.793. The smallest absolute Gasteiger partial charge is 0.409 e. The van der Waals surface area contributed by atoms with Crippen LogP contribution in [0.1, 0.15) is 35.4 Å². The second-order valence-corrected chi connectivity index (χ2v) is 9.76. The summed E-state index contributed by atoms with van der Waals surface area (Å²) in [4.78, 5) is 41.9. The number of methoxy groups -OCH3 is 1. The summed E-state index contributed by atoms with van der Waals surface area (Å²) < 4.78 is 22.0. The molecule has 1 fully saturated rings. The molecule has 3 amide bonds. The maximum atomic E-state index is 12.9. The van der Waals surface area contributed by atoms with Gasteiger partial charge in [0.15, 0.2) is 11.5 Å². The van der Waals surface area contributed by atoms with Crippen molar-refractivity contribution < 1.29 is 33.3 Å². The number of carbonyl (C=O) groups excluding carboxylic acids is 3. The summed E-state index contributed by atoms with van der Waals surface area (Å²) in [6.07, 6.45) is 1.60. The van der Waals surface area contributed by atoms with Crippen molar-refractivity contribution in [2.75, 3.05) is 51.9 Å². The van der Waals surface area contributed by atoms with Gasteiger partial charge in [-0.15, -0.1) is 0 Å². The number of esters is 1. The molecule has 0 spiro atoms. The normalized spacial score (nSPS) is 18.1. The van der Waals surface area contributed by atoms with Gasteiger partial charge in [-0.1, -0.05) is 24.3 Å². The number of ether oxygens (including phenoxy) is 4. The van der Waals surface area contributed by atoms with Crippen LogP contribution in [0.2, 0.25) is 0 Å². The Hall–Kier alpha value is -3.95. The maximum Gasteiger partial charge on any atom is 0.409 e. The number of fused-ring (bicyclic) bond motifs is 2. The number of hydrogen-bond acceptors (Lipinski definition) is 7. The Labute approximate surface area is 221 Å². The molecule has 10 heteroatoms. The lowest BCUT2D eigenvalue weighted by atomic mass is 9.97. The number of hydrogen-bond donors (Lipinski definition) is 1. The highest BCUT2D eigenvalue weighted by Crippen LogP contribution is 2.37. The van der Waals surface area contributed by atoms with Crippen molar-refractivity contribution in [3.8, 4) is 11.5 Å². The number of likely N-dealkylation sites (tertiary alicyclic amines) is 1. The van der Waals surface area contributed by atoms with Crippen molar-refractivity contribution in [3.05, 3.63) is 53.1 Å². The fourth-order valence-corrected chi connectivity index (χ4v) is 5.34. The van der Waals surface area contributed by atoms with Crippen LogP contribution in [0, 0.1) is 6.92 Å². The van der Waals surface area contributed by atoms with E-state index in [1.54, 1.807) is 11.0 Å². The van der Waals surface area contributed by atoms with Gasteiger partial charge in [0, 0.05) is 31.4 Å². The van der Waals surface area contributed by atoms with Gasteiger partial charge in [-0.25, -0.2) is 9.59 Å².